The minimum absolute atomic E-state index is 0.0527. The van der Waals surface area contributed by atoms with Crippen LogP contribution in [0.15, 0.2) is 36.4 Å². The molecule has 15 nitrogen and oxygen atoms in total. The Bertz CT molecular complexity index is 1690. The molecule has 7 rings (SSSR count). The fourth-order valence-electron chi connectivity index (χ4n) is 7.47. The van der Waals surface area contributed by atoms with E-state index in [9.17, 15) is 32.4 Å². The van der Waals surface area contributed by atoms with E-state index in [1.807, 2.05) is 36.4 Å². The van der Waals surface area contributed by atoms with Crippen LogP contribution in [0.3, 0.4) is 0 Å². The molecule has 4 fully saturated rings. The zero-order valence-corrected chi connectivity index (χ0v) is 29.2. The molecule has 0 radical (unpaired) electrons. The highest BCUT2D eigenvalue weighted by atomic mass is 32.2. The molecule has 3 N–H and O–H groups in total. The van der Waals surface area contributed by atoms with Crippen LogP contribution in [-0.4, -0.2) is 110 Å². The third kappa shape index (κ3) is 7.86. The van der Waals surface area contributed by atoms with E-state index in [0.29, 0.717) is 64.6 Å². The number of hydrogen-bond donors (Lipinski definition) is 3. The molecular formula is C35H45N5O10S. The van der Waals surface area contributed by atoms with Gasteiger partial charge in [-0.2, -0.15) is 0 Å². The SMILES string of the molecule is O=C(N[C@H]1CCCC/C=C\[C@@H]2C[C@@]2(C(=O)NS(=O)(=O)C2CC2)NC(=O)[C@@H]2C[C@@H](OC(=O)N3CCc4ccccc4C3)CN2C1=O)O[C@@H]1CCOC1. The van der Waals surface area contributed by atoms with E-state index in [-0.39, 0.29) is 32.4 Å². The summed E-state index contributed by atoms with van der Waals surface area (Å²) >= 11 is 0. The Morgan fingerprint density at radius 2 is 1.80 bits per heavy atom. The van der Waals surface area contributed by atoms with Gasteiger partial charge in [-0.05, 0) is 56.1 Å². The first-order chi connectivity index (χ1) is 24.5. The Hall–Kier alpha value is -4.18. The van der Waals surface area contributed by atoms with Crippen molar-refractivity contribution in [1.82, 2.24) is 25.2 Å². The summed E-state index contributed by atoms with van der Waals surface area (Å²) in [6, 6.07) is 5.65. The molecule has 2 saturated carbocycles. The lowest BCUT2D eigenvalue weighted by Crippen LogP contribution is -2.58. The van der Waals surface area contributed by atoms with Gasteiger partial charge in [-0.25, -0.2) is 18.0 Å². The summed E-state index contributed by atoms with van der Waals surface area (Å²) in [5.41, 5.74) is 0.659. The molecule has 1 aromatic carbocycles. The third-order valence-electron chi connectivity index (χ3n) is 10.7. The summed E-state index contributed by atoms with van der Waals surface area (Å²) in [5, 5.41) is 4.87. The molecule has 16 heteroatoms. The van der Waals surface area contributed by atoms with Gasteiger partial charge in [0.2, 0.25) is 21.8 Å². The molecule has 6 atom stereocenters. The Balaban J connectivity index is 1.11. The van der Waals surface area contributed by atoms with E-state index in [1.165, 1.54) is 4.90 Å². The van der Waals surface area contributed by atoms with Gasteiger partial charge in [0.1, 0.15) is 29.8 Å². The van der Waals surface area contributed by atoms with Crippen molar-refractivity contribution in [2.24, 2.45) is 5.92 Å². The second-order valence-corrected chi connectivity index (χ2v) is 16.4. The molecule has 6 aliphatic rings. The summed E-state index contributed by atoms with van der Waals surface area (Å²) in [5.74, 6) is -2.48. The van der Waals surface area contributed by atoms with Gasteiger partial charge in [-0.15, -0.1) is 0 Å². The van der Waals surface area contributed by atoms with Crippen LogP contribution in [0.4, 0.5) is 9.59 Å². The van der Waals surface area contributed by atoms with Crippen LogP contribution in [0.2, 0.25) is 0 Å². The number of ether oxygens (including phenoxy) is 3. The standard InChI is InChI=1S/C35H45N5O10S/c41-30-29-17-26(50-34(45)39-15-13-22-7-5-6-8-23(22)19-39)20-40(29)31(42)28(36-33(44)49-25-14-16-48-21-25)10-4-2-1-3-9-24-18-35(24,37-30)32(43)38-51(46,47)27-11-12-27/h3,5-9,24-29H,1-2,4,10-21H2,(H,36,44)(H,37,41)(H,38,43)/b9-3-/t24-,25-,26-,28+,29+,35-/m1/s1. The summed E-state index contributed by atoms with van der Waals surface area (Å²) < 4.78 is 44.4. The number of fused-ring (bicyclic) bond motifs is 3. The van der Waals surface area contributed by atoms with Crippen molar-refractivity contribution in [1.29, 1.82) is 0 Å². The van der Waals surface area contributed by atoms with Crippen LogP contribution >= 0.6 is 0 Å². The maximum Gasteiger partial charge on any atom is 0.410 e. The Kier molecular flexibility index (Phi) is 9.98. The highest BCUT2D eigenvalue weighted by molar-refractivity contribution is 7.91. The van der Waals surface area contributed by atoms with Gasteiger partial charge >= 0.3 is 12.2 Å². The molecule has 1 aromatic rings. The number of rotatable bonds is 6. The average Bonchev–Trinajstić information content (AvgIpc) is 3.98. The monoisotopic (exact) mass is 727 g/mol. The molecule has 2 aliphatic carbocycles. The summed E-state index contributed by atoms with van der Waals surface area (Å²) in [4.78, 5) is 71.3. The average molecular weight is 728 g/mol. The maximum atomic E-state index is 14.3. The molecule has 0 aromatic heterocycles. The third-order valence-corrected chi connectivity index (χ3v) is 12.5. The Labute approximate surface area is 296 Å². The van der Waals surface area contributed by atoms with Crippen LogP contribution in [0.25, 0.3) is 0 Å². The van der Waals surface area contributed by atoms with Crippen LogP contribution in [0.5, 0.6) is 0 Å². The molecule has 5 amide bonds. The number of nitrogens with zero attached hydrogens (tertiary/aromatic N) is 2. The molecular weight excluding hydrogens is 682 g/mol. The number of nitrogens with one attached hydrogen (secondary N) is 3. The fraction of sp³-hybridized carbons (Fsp3) is 0.629. The molecule has 51 heavy (non-hydrogen) atoms. The Morgan fingerprint density at radius 1 is 1.00 bits per heavy atom. The second-order valence-electron chi connectivity index (χ2n) is 14.4. The van der Waals surface area contributed by atoms with Crippen molar-refractivity contribution in [3.05, 3.63) is 47.5 Å². The van der Waals surface area contributed by atoms with Crippen LogP contribution in [0.1, 0.15) is 68.9 Å². The van der Waals surface area contributed by atoms with Crippen LogP contribution < -0.4 is 15.4 Å². The van der Waals surface area contributed by atoms with Crippen LogP contribution in [-0.2, 0) is 51.6 Å². The number of hydrogen-bond acceptors (Lipinski definition) is 10. The van der Waals surface area contributed by atoms with E-state index in [0.717, 1.165) is 11.1 Å². The zero-order chi connectivity index (χ0) is 35.8. The van der Waals surface area contributed by atoms with E-state index < -0.39 is 80.9 Å². The minimum Gasteiger partial charge on any atom is -0.444 e. The minimum atomic E-state index is -3.89. The first-order valence-corrected chi connectivity index (χ1v) is 19.5. The van der Waals surface area contributed by atoms with E-state index in [1.54, 1.807) is 4.90 Å². The van der Waals surface area contributed by atoms with Gasteiger partial charge in [0.25, 0.3) is 5.91 Å². The largest absolute Gasteiger partial charge is 0.444 e. The summed E-state index contributed by atoms with van der Waals surface area (Å²) in [6.07, 6.45) is 5.47. The van der Waals surface area contributed by atoms with Crippen molar-refractivity contribution in [2.45, 2.75) is 106 Å². The van der Waals surface area contributed by atoms with E-state index in [2.05, 4.69) is 15.4 Å². The molecule has 4 aliphatic heterocycles. The highest BCUT2D eigenvalue weighted by Gasteiger charge is 2.62. The molecule has 2 saturated heterocycles. The van der Waals surface area contributed by atoms with Crippen molar-refractivity contribution >= 4 is 39.9 Å². The first-order valence-electron chi connectivity index (χ1n) is 17.9. The lowest BCUT2D eigenvalue weighted by Gasteiger charge is -2.30. The predicted molar refractivity (Wildman–Crippen MR) is 180 cm³/mol. The number of benzene rings is 1. The zero-order valence-electron chi connectivity index (χ0n) is 28.4. The molecule has 0 unspecified atom stereocenters. The highest BCUT2D eigenvalue weighted by Crippen LogP contribution is 2.46. The number of carbonyl (C=O) groups excluding carboxylic acids is 5. The number of alkyl carbamates (subject to hydrolysis) is 1. The molecule has 276 valence electrons. The first kappa shape index (κ1) is 35.2. The fourth-order valence-corrected chi connectivity index (χ4v) is 8.84. The smallest absolute Gasteiger partial charge is 0.410 e. The normalized spacial score (nSPS) is 31.6. The lowest BCUT2D eigenvalue weighted by molar-refractivity contribution is -0.141. The van der Waals surface area contributed by atoms with E-state index in [4.69, 9.17) is 14.2 Å². The van der Waals surface area contributed by atoms with Gasteiger partial charge in [0.15, 0.2) is 0 Å². The predicted octanol–water partition coefficient (Wildman–Crippen LogP) is 1.65. The van der Waals surface area contributed by atoms with Crippen molar-refractivity contribution in [3.63, 3.8) is 0 Å². The quantitative estimate of drug-likeness (QED) is 0.364. The molecule has 0 spiro atoms. The van der Waals surface area contributed by atoms with Gasteiger partial charge in [-0.1, -0.05) is 42.8 Å². The van der Waals surface area contributed by atoms with E-state index >= 15 is 0 Å². The molecule has 4 heterocycles. The maximum absolute atomic E-state index is 14.3. The van der Waals surface area contributed by atoms with Gasteiger partial charge in [0, 0.05) is 31.8 Å². The second kappa shape index (κ2) is 14.4. The molecule has 0 bridgehead atoms. The number of amides is 5. The van der Waals surface area contributed by atoms with Crippen molar-refractivity contribution in [3.8, 4) is 0 Å². The number of carbonyl (C=O) groups is 5. The summed E-state index contributed by atoms with van der Waals surface area (Å²) in [6.45, 7) is 1.43. The van der Waals surface area contributed by atoms with Crippen molar-refractivity contribution in [2.75, 3.05) is 26.3 Å². The Morgan fingerprint density at radius 3 is 2.57 bits per heavy atom. The van der Waals surface area contributed by atoms with Gasteiger partial charge < -0.3 is 34.6 Å². The lowest BCUT2D eigenvalue weighted by atomic mass is 10.0. The van der Waals surface area contributed by atoms with Crippen LogP contribution in [0, 0.1) is 5.92 Å². The number of sulfonamides is 1. The topological polar surface area (TPSA) is 190 Å². The van der Waals surface area contributed by atoms with Gasteiger partial charge in [0.05, 0.1) is 25.0 Å². The van der Waals surface area contributed by atoms with Gasteiger partial charge in [-0.3, -0.25) is 19.1 Å². The number of allylic oxidation sites excluding steroid dienone is 1. The summed E-state index contributed by atoms with van der Waals surface area (Å²) in [7, 11) is -3.89. The van der Waals surface area contributed by atoms with Crippen molar-refractivity contribution < 1.29 is 46.6 Å².